The fourth-order valence-electron chi connectivity index (χ4n) is 4.30. The fourth-order valence-corrected chi connectivity index (χ4v) is 4.43. The summed E-state index contributed by atoms with van der Waals surface area (Å²) < 4.78 is 10.5. The lowest BCUT2D eigenvalue weighted by Gasteiger charge is -2.29. The first-order valence-electron chi connectivity index (χ1n) is 10.1. The van der Waals surface area contributed by atoms with E-state index in [1.807, 2.05) is 48.5 Å². The van der Waals surface area contributed by atoms with Crippen LogP contribution in [-0.4, -0.2) is 36.7 Å². The summed E-state index contributed by atoms with van der Waals surface area (Å²) in [4.78, 5) is 12.6. The van der Waals surface area contributed by atoms with E-state index in [4.69, 9.17) is 26.2 Å². The summed E-state index contributed by atoms with van der Waals surface area (Å²) in [5.74, 6) is 1.51. The first kappa shape index (κ1) is 20.5. The minimum Gasteiger partial charge on any atom is -0.497 e. The zero-order chi connectivity index (χ0) is 21.1. The van der Waals surface area contributed by atoms with E-state index in [9.17, 15) is 4.79 Å². The molecule has 2 aliphatic rings. The number of carbonyl (C=O) groups excluding carboxylic acids is 1. The Morgan fingerprint density at radius 2 is 1.73 bits per heavy atom. The molecule has 1 fully saturated rings. The maximum absolute atomic E-state index is 12.6. The Morgan fingerprint density at radius 1 is 1.10 bits per heavy atom. The second-order valence-corrected chi connectivity index (χ2v) is 7.78. The molecule has 2 atom stereocenters. The van der Waals surface area contributed by atoms with Crippen molar-refractivity contribution in [1.29, 1.82) is 0 Å². The number of rotatable bonds is 5. The predicted molar refractivity (Wildman–Crippen MR) is 119 cm³/mol. The Bertz CT molecular complexity index is 967. The third-order valence-electron chi connectivity index (χ3n) is 5.79. The molecule has 5 nitrogen and oxygen atoms in total. The van der Waals surface area contributed by atoms with E-state index in [2.05, 4.69) is 6.08 Å². The number of benzene rings is 2. The normalized spacial score (nSPS) is 21.9. The van der Waals surface area contributed by atoms with Gasteiger partial charge in [0.2, 0.25) is 0 Å². The maximum atomic E-state index is 12.6. The molecule has 0 saturated heterocycles. The summed E-state index contributed by atoms with van der Waals surface area (Å²) in [7, 11) is 3.31. The van der Waals surface area contributed by atoms with E-state index in [-0.39, 0.29) is 23.7 Å². The number of amides is 1. The van der Waals surface area contributed by atoms with Gasteiger partial charge < -0.3 is 9.47 Å². The Kier molecular flexibility index (Phi) is 6.09. The van der Waals surface area contributed by atoms with E-state index in [0.717, 1.165) is 47.6 Å². The lowest BCUT2D eigenvalue weighted by molar-refractivity contribution is -0.130. The number of hydrogen-bond donors (Lipinski definition) is 0. The van der Waals surface area contributed by atoms with Gasteiger partial charge in [0.05, 0.1) is 26.0 Å². The lowest BCUT2D eigenvalue weighted by Crippen LogP contribution is -2.32. The number of nitrogens with zero attached hydrogens (tertiary/aromatic N) is 2. The Hall–Kier alpha value is -2.79. The summed E-state index contributed by atoms with van der Waals surface area (Å²) >= 11 is 5.92. The SMILES string of the molecule is COc1ccc(/C=C2\CCC[C@H]3C2=NN(C(=O)CCl)[C@H]3c2ccc(OC)cc2)cc1. The second-order valence-electron chi connectivity index (χ2n) is 7.52. The molecule has 1 amide bonds. The summed E-state index contributed by atoms with van der Waals surface area (Å²) in [5.41, 5.74) is 4.32. The predicted octanol–water partition coefficient (Wildman–Crippen LogP) is 5.07. The molecule has 6 heteroatoms. The number of hydrazone groups is 1. The van der Waals surface area contributed by atoms with Crippen LogP contribution < -0.4 is 9.47 Å². The van der Waals surface area contributed by atoms with Crippen LogP contribution in [0.25, 0.3) is 6.08 Å². The molecule has 2 aromatic carbocycles. The molecule has 1 saturated carbocycles. The number of methoxy groups -OCH3 is 2. The molecule has 0 unspecified atom stereocenters. The van der Waals surface area contributed by atoms with Gasteiger partial charge in [-0.05, 0) is 66.3 Å². The highest BCUT2D eigenvalue weighted by atomic mass is 35.5. The van der Waals surface area contributed by atoms with Crippen LogP contribution in [0.4, 0.5) is 0 Å². The molecule has 30 heavy (non-hydrogen) atoms. The number of ether oxygens (including phenoxy) is 2. The summed E-state index contributed by atoms with van der Waals surface area (Å²) in [6.45, 7) is 0. The zero-order valence-electron chi connectivity index (χ0n) is 17.2. The largest absolute Gasteiger partial charge is 0.497 e. The third-order valence-corrected chi connectivity index (χ3v) is 6.01. The van der Waals surface area contributed by atoms with Gasteiger partial charge in [-0.2, -0.15) is 5.10 Å². The van der Waals surface area contributed by atoms with Gasteiger partial charge in [-0.25, -0.2) is 5.01 Å². The fraction of sp³-hybridized carbons (Fsp3) is 0.333. The molecule has 1 aliphatic heterocycles. The zero-order valence-corrected chi connectivity index (χ0v) is 17.9. The average molecular weight is 425 g/mol. The Morgan fingerprint density at radius 3 is 2.33 bits per heavy atom. The summed E-state index contributed by atoms with van der Waals surface area (Å²) in [6.07, 6.45) is 5.16. The quantitative estimate of drug-likeness (QED) is 0.630. The Balaban J connectivity index is 1.69. The average Bonchev–Trinajstić information content (AvgIpc) is 3.20. The number of halogens is 1. The Labute approximate surface area is 181 Å². The molecule has 4 rings (SSSR count). The molecule has 0 radical (unpaired) electrons. The minimum absolute atomic E-state index is 0.0896. The topological polar surface area (TPSA) is 51.1 Å². The van der Waals surface area contributed by atoms with Crippen LogP contribution in [0.15, 0.2) is 59.2 Å². The van der Waals surface area contributed by atoms with Crippen molar-refractivity contribution in [3.63, 3.8) is 0 Å². The highest BCUT2D eigenvalue weighted by Gasteiger charge is 2.43. The molecule has 0 N–H and O–H groups in total. The van der Waals surface area contributed by atoms with Gasteiger partial charge in [-0.1, -0.05) is 24.3 Å². The van der Waals surface area contributed by atoms with E-state index in [1.54, 1.807) is 19.2 Å². The van der Waals surface area contributed by atoms with Crippen LogP contribution in [0, 0.1) is 5.92 Å². The van der Waals surface area contributed by atoms with Crippen molar-refractivity contribution < 1.29 is 14.3 Å². The van der Waals surface area contributed by atoms with Crippen LogP contribution in [-0.2, 0) is 4.79 Å². The van der Waals surface area contributed by atoms with Crippen molar-refractivity contribution in [3.05, 3.63) is 65.2 Å². The first-order valence-corrected chi connectivity index (χ1v) is 10.6. The van der Waals surface area contributed by atoms with E-state index >= 15 is 0 Å². The van der Waals surface area contributed by atoms with Crippen molar-refractivity contribution in [1.82, 2.24) is 5.01 Å². The van der Waals surface area contributed by atoms with E-state index in [1.165, 1.54) is 5.57 Å². The molecule has 0 aromatic heterocycles. The molecule has 0 bridgehead atoms. The lowest BCUT2D eigenvalue weighted by atomic mass is 9.77. The first-order chi connectivity index (χ1) is 14.6. The van der Waals surface area contributed by atoms with Crippen LogP contribution in [0.5, 0.6) is 11.5 Å². The minimum atomic E-state index is -0.178. The van der Waals surface area contributed by atoms with Crippen molar-refractivity contribution in [2.45, 2.75) is 25.3 Å². The highest BCUT2D eigenvalue weighted by molar-refractivity contribution is 6.27. The smallest absolute Gasteiger partial charge is 0.258 e. The second kappa shape index (κ2) is 8.92. The van der Waals surface area contributed by atoms with Crippen LogP contribution in [0.1, 0.15) is 36.4 Å². The van der Waals surface area contributed by atoms with Crippen LogP contribution >= 0.6 is 11.6 Å². The molecule has 2 aromatic rings. The monoisotopic (exact) mass is 424 g/mol. The van der Waals surface area contributed by atoms with E-state index in [0.29, 0.717) is 0 Å². The van der Waals surface area contributed by atoms with Gasteiger partial charge in [0.15, 0.2) is 0 Å². The van der Waals surface area contributed by atoms with Crippen LogP contribution in [0.3, 0.4) is 0 Å². The number of carbonyl (C=O) groups is 1. The number of alkyl halides is 1. The van der Waals surface area contributed by atoms with Crippen molar-refractivity contribution >= 4 is 29.3 Å². The standard InChI is InChI=1S/C24H25ClN2O3/c1-29-19-10-6-16(7-11-19)14-18-4-3-5-21-23(18)26-27(22(28)15-25)24(21)17-8-12-20(30-2)13-9-17/h6-14,21,24H,3-5,15H2,1-2H3/b18-14+/t21-,24-/m0/s1. The van der Waals surface area contributed by atoms with Gasteiger partial charge in [-0.3, -0.25) is 4.79 Å². The van der Waals surface area contributed by atoms with Crippen molar-refractivity contribution in [2.75, 3.05) is 20.1 Å². The number of fused-ring (bicyclic) bond motifs is 1. The summed E-state index contributed by atoms with van der Waals surface area (Å²) in [6, 6.07) is 15.7. The van der Waals surface area contributed by atoms with Crippen molar-refractivity contribution in [2.24, 2.45) is 11.0 Å². The van der Waals surface area contributed by atoms with Gasteiger partial charge in [0.25, 0.3) is 5.91 Å². The molecular formula is C24H25ClN2O3. The summed E-state index contributed by atoms with van der Waals surface area (Å²) in [5, 5.41) is 6.37. The number of allylic oxidation sites excluding steroid dienone is 1. The van der Waals surface area contributed by atoms with Gasteiger partial charge in [0, 0.05) is 5.92 Å². The van der Waals surface area contributed by atoms with Crippen LogP contribution in [0.2, 0.25) is 0 Å². The van der Waals surface area contributed by atoms with Gasteiger partial charge in [-0.15, -0.1) is 11.6 Å². The highest BCUT2D eigenvalue weighted by Crippen LogP contribution is 2.44. The van der Waals surface area contributed by atoms with Gasteiger partial charge >= 0.3 is 0 Å². The number of hydrogen-bond acceptors (Lipinski definition) is 4. The maximum Gasteiger partial charge on any atom is 0.258 e. The third kappa shape index (κ3) is 3.94. The van der Waals surface area contributed by atoms with Gasteiger partial charge in [0.1, 0.15) is 17.4 Å². The molecule has 0 spiro atoms. The van der Waals surface area contributed by atoms with Crippen molar-refractivity contribution in [3.8, 4) is 11.5 Å². The molecule has 156 valence electrons. The molecular weight excluding hydrogens is 400 g/mol. The molecule has 1 aliphatic carbocycles. The molecule has 1 heterocycles. The van der Waals surface area contributed by atoms with E-state index < -0.39 is 0 Å².